The monoisotopic (exact) mass is 233 g/mol. The summed E-state index contributed by atoms with van der Waals surface area (Å²) in [6.45, 7) is 7.92. The number of rotatable bonds is 7. The fraction of sp³-hybridized carbons (Fsp3) is 0.467. The Balaban J connectivity index is 2.56. The molecule has 0 heterocycles. The minimum absolute atomic E-state index is 0.719. The van der Waals surface area contributed by atoms with Crippen LogP contribution in [0.5, 0.6) is 5.75 Å². The second-order valence-corrected chi connectivity index (χ2v) is 4.53. The number of hydrogen-bond acceptors (Lipinski definition) is 2. The van der Waals surface area contributed by atoms with Crippen molar-refractivity contribution in [3.05, 3.63) is 36.4 Å². The zero-order valence-electron chi connectivity index (χ0n) is 11.2. The lowest BCUT2D eigenvalue weighted by Crippen LogP contribution is -2.19. The van der Waals surface area contributed by atoms with Crippen LogP contribution in [0.3, 0.4) is 0 Å². The molecule has 1 aromatic rings. The number of hydrogen-bond donors (Lipinski definition) is 0. The first-order valence-electron chi connectivity index (χ1n) is 6.19. The van der Waals surface area contributed by atoms with Gasteiger partial charge in [0.15, 0.2) is 0 Å². The molecule has 0 bridgehead atoms. The molecule has 0 aliphatic rings. The summed E-state index contributed by atoms with van der Waals surface area (Å²) in [5.41, 5.74) is 2.37. The van der Waals surface area contributed by atoms with Crippen molar-refractivity contribution in [2.24, 2.45) is 0 Å². The maximum atomic E-state index is 5.70. The summed E-state index contributed by atoms with van der Waals surface area (Å²) in [5, 5.41) is 0. The molecule has 0 aliphatic carbocycles. The first-order chi connectivity index (χ1) is 8.13. The van der Waals surface area contributed by atoms with Gasteiger partial charge in [-0.2, -0.15) is 0 Å². The third-order valence-corrected chi connectivity index (χ3v) is 2.60. The van der Waals surface area contributed by atoms with Crippen LogP contribution in [0.2, 0.25) is 0 Å². The zero-order chi connectivity index (χ0) is 12.7. The lowest BCUT2D eigenvalue weighted by molar-refractivity contribution is 0.261. The molecule has 0 fully saturated rings. The lowest BCUT2D eigenvalue weighted by atomic mass is 10.0. The van der Waals surface area contributed by atoms with E-state index < -0.39 is 0 Å². The van der Waals surface area contributed by atoms with Crippen molar-refractivity contribution < 1.29 is 4.74 Å². The summed E-state index contributed by atoms with van der Waals surface area (Å²) in [5.74, 6) is 0.932. The van der Waals surface area contributed by atoms with Crippen LogP contribution in [0, 0.1) is 0 Å². The van der Waals surface area contributed by atoms with Crippen LogP contribution in [0.25, 0.3) is 5.57 Å². The van der Waals surface area contributed by atoms with Gasteiger partial charge in [-0.1, -0.05) is 32.1 Å². The van der Waals surface area contributed by atoms with Crippen LogP contribution < -0.4 is 4.74 Å². The van der Waals surface area contributed by atoms with Gasteiger partial charge in [0, 0.05) is 6.54 Å². The molecule has 0 unspecified atom stereocenters. The van der Waals surface area contributed by atoms with E-state index >= 15 is 0 Å². The molecule has 0 spiro atoms. The minimum atomic E-state index is 0.719. The summed E-state index contributed by atoms with van der Waals surface area (Å²) >= 11 is 0. The number of nitrogens with zero attached hydrogens (tertiary/aromatic N) is 1. The molecule has 0 saturated carbocycles. The quantitative estimate of drug-likeness (QED) is 0.715. The Kier molecular flexibility index (Phi) is 5.78. The molecule has 2 heteroatoms. The van der Waals surface area contributed by atoms with Crippen LogP contribution >= 0.6 is 0 Å². The Labute approximate surface area is 105 Å². The Hall–Kier alpha value is -1.28. The third kappa shape index (κ3) is 5.05. The molecule has 1 rings (SSSR count). The van der Waals surface area contributed by atoms with Crippen molar-refractivity contribution in [3.63, 3.8) is 0 Å². The first kappa shape index (κ1) is 13.8. The smallest absolute Gasteiger partial charge is 0.119 e. The van der Waals surface area contributed by atoms with Gasteiger partial charge in [-0.3, -0.25) is 0 Å². The molecule has 2 nitrogen and oxygen atoms in total. The van der Waals surface area contributed by atoms with E-state index in [0.29, 0.717) is 0 Å². The summed E-state index contributed by atoms with van der Waals surface area (Å²) in [6, 6.07) is 8.20. The van der Waals surface area contributed by atoms with Crippen molar-refractivity contribution in [2.45, 2.75) is 19.8 Å². The van der Waals surface area contributed by atoms with Gasteiger partial charge in [-0.05, 0) is 43.8 Å². The number of allylic oxidation sites excluding steroid dienone is 1. The highest BCUT2D eigenvalue weighted by Crippen LogP contribution is 2.22. The molecular formula is C15H23NO. The van der Waals surface area contributed by atoms with Crippen LogP contribution in [-0.4, -0.2) is 32.1 Å². The standard InChI is InChI=1S/C15H23NO/c1-5-7-13(2)14-8-6-9-15(12-14)17-11-10-16(3)4/h6,8-9,12H,2,5,7,10-11H2,1,3-4H3. The van der Waals surface area contributed by atoms with E-state index in [-0.39, 0.29) is 0 Å². The third-order valence-electron chi connectivity index (χ3n) is 2.60. The van der Waals surface area contributed by atoms with Crippen LogP contribution in [0.1, 0.15) is 25.3 Å². The maximum absolute atomic E-state index is 5.70. The Morgan fingerprint density at radius 1 is 1.35 bits per heavy atom. The SMILES string of the molecule is C=C(CCC)c1cccc(OCCN(C)C)c1. The highest BCUT2D eigenvalue weighted by Gasteiger charge is 2.00. The Bertz CT molecular complexity index is 358. The van der Waals surface area contributed by atoms with Crippen molar-refractivity contribution >= 4 is 5.57 Å². The van der Waals surface area contributed by atoms with Gasteiger partial charge in [0.1, 0.15) is 12.4 Å². The van der Waals surface area contributed by atoms with E-state index in [4.69, 9.17) is 4.74 Å². The van der Waals surface area contributed by atoms with E-state index in [2.05, 4.69) is 30.5 Å². The predicted octanol–water partition coefficient (Wildman–Crippen LogP) is 3.44. The molecule has 1 aromatic carbocycles. The van der Waals surface area contributed by atoms with E-state index in [1.807, 2.05) is 26.2 Å². The average Bonchev–Trinajstić information content (AvgIpc) is 2.29. The van der Waals surface area contributed by atoms with Crippen LogP contribution in [0.15, 0.2) is 30.8 Å². The van der Waals surface area contributed by atoms with Gasteiger partial charge in [-0.15, -0.1) is 0 Å². The maximum Gasteiger partial charge on any atom is 0.119 e. The van der Waals surface area contributed by atoms with Gasteiger partial charge in [-0.25, -0.2) is 0 Å². The largest absolute Gasteiger partial charge is 0.492 e. The van der Waals surface area contributed by atoms with Crippen molar-refractivity contribution in [3.8, 4) is 5.75 Å². The van der Waals surface area contributed by atoms with Crippen LogP contribution in [-0.2, 0) is 0 Å². The summed E-state index contributed by atoms with van der Waals surface area (Å²) < 4.78 is 5.70. The Morgan fingerprint density at radius 3 is 2.76 bits per heavy atom. The molecule has 0 N–H and O–H groups in total. The molecule has 0 atom stereocenters. The highest BCUT2D eigenvalue weighted by molar-refractivity contribution is 5.64. The number of ether oxygens (including phenoxy) is 1. The fourth-order valence-corrected chi connectivity index (χ4v) is 1.60. The molecule has 17 heavy (non-hydrogen) atoms. The van der Waals surface area contributed by atoms with Crippen molar-refractivity contribution in [1.82, 2.24) is 4.90 Å². The van der Waals surface area contributed by atoms with Crippen LogP contribution in [0.4, 0.5) is 0 Å². The van der Waals surface area contributed by atoms with Gasteiger partial charge in [0.05, 0.1) is 0 Å². The zero-order valence-corrected chi connectivity index (χ0v) is 11.2. The van der Waals surface area contributed by atoms with E-state index in [0.717, 1.165) is 31.7 Å². The summed E-state index contributed by atoms with van der Waals surface area (Å²) in [7, 11) is 4.09. The van der Waals surface area contributed by atoms with Crippen molar-refractivity contribution in [1.29, 1.82) is 0 Å². The fourth-order valence-electron chi connectivity index (χ4n) is 1.60. The Morgan fingerprint density at radius 2 is 2.12 bits per heavy atom. The number of likely N-dealkylation sites (N-methyl/N-ethyl adjacent to an activating group) is 1. The summed E-state index contributed by atoms with van der Waals surface area (Å²) in [4.78, 5) is 2.11. The topological polar surface area (TPSA) is 12.5 Å². The molecule has 94 valence electrons. The van der Waals surface area contributed by atoms with Gasteiger partial charge < -0.3 is 9.64 Å². The molecule has 0 amide bonds. The van der Waals surface area contributed by atoms with E-state index in [9.17, 15) is 0 Å². The highest BCUT2D eigenvalue weighted by atomic mass is 16.5. The second kappa shape index (κ2) is 7.13. The average molecular weight is 233 g/mol. The van der Waals surface area contributed by atoms with Gasteiger partial charge >= 0.3 is 0 Å². The first-order valence-corrected chi connectivity index (χ1v) is 6.19. The molecule has 0 aromatic heterocycles. The minimum Gasteiger partial charge on any atom is -0.492 e. The van der Waals surface area contributed by atoms with Crippen molar-refractivity contribution in [2.75, 3.05) is 27.2 Å². The normalized spacial score (nSPS) is 10.6. The van der Waals surface area contributed by atoms with Gasteiger partial charge in [0.2, 0.25) is 0 Å². The lowest BCUT2D eigenvalue weighted by Gasteiger charge is -2.12. The van der Waals surface area contributed by atoms with Gasteiger partial charge in [0.25, 0.3) is 0 Å². The molecular weight excluding hydrogens is 210 g/mol. The second-order valence-electron chi connectivity index (χ2n) is 4.53. The van der Waals surface area contributed by atoms with E-state index in [1.54, 1.807) is 0 Å². The molecule has 0 radical (unpaired) electrons. The molecule has 0 saturated heterocycles. The van der Waals surface area contributed by atoms with E-state index in [1.165, 1.54) is 11.1 Å². The predicted molar refractivity (Wildman–Crippen MR) is 74.4 cm³/mol. The summed E-state index contributed by atoms with van der Waals surface area (Å²) in [6.07, 6.45) is 2.17. The number of benzene rings is 1. The molecule has 0 aliphatic heterocycles.